The molecule has 2 heterocycles. The Balaban J connectivity index is 1.17. The second kappa shape index (κ2) is 13.9. The molecule has 12 aromatic rings. The van der Waals surface area contributed by atoms with Crippen LogP contribution in [-0.2, 0) is 0 Å². The van der Waals surface area contributed by atoms with Gasteiger partial charge in [0.25, 0.3) is 0 Å². The van der Waals surface area contributed by atoms with Gasteiger partial charge in [0.15, 0.2) is 0 Å². The molecule has 2 aromatic heterocycles. The molecule has 0 fully saturated rings. The van der Waals surface area contributed by atoms with E-state index in [-0.39, 0.29) is 0 Å². The first-order chi connectivity index (χ1) is 29.8. The summed E-state index contributed by atoms with van der Waals surface area (Å²) in [6, 6.07) is 77.2. The number of rotatable bonds is 5. The van der Waals surface area contributed by atoms with Crippen molar-refractivity contribution in [2.24, 2.45) is 0 Å². The zero-order valence-electron chi connectivity index (χ0n) is 32.7. The first-order valence-corrected chi connectivity index (χ1v) is 20.6. The molecule has 0 aliphatic heterocycles. The van der Waals surface area contributed by atoms with E-state index in [1.54, 1.807) is 0 Å². The third-order valence-electron chi connectivity index (χ3n) is 12.3. The summed E-state index contributed by atoms with van der Waals surface area (Å²) in [4.78, 5) is 9.87. The summed E-state index contributed by atoms with van der Waals surface area (Å²) in [5.74, 6) is 0. The lowest BCUT2D eigenvalue weighted by molar-refractivity contribution is 1.25. The highest BCUT2D eigenvalue weighted by atomic mass is 14.8. The van der Waals surface area contributed by atoms with E-state index >= 15 is 0 Å². The van der Waals surface area contributed by atoms with Crippen LogP contribution in [-0.4, -0.2) is 9.97 Å². The van der Waals surface area contributed by atoms with Crippen LogP contribution < -0.4 is 0 Å². The third kappa shape index (κ3) is 5.50. The Morgan fingerprint density at radius 2 is 0.633 bits per heavy atom. The maximum atomic E-state index is 5.25. The van der Waals surface area contributed by atoms with Crippen molar-refractivity contribution in [2.45, 2.75) is 0 Å². The molecule has 2 nitrogen and oxygen atoms in total. The number of pyridine rings is 2. The first kappa shape index (κ1) is 34.1. The molecule has 0 amide bonds. The number of aromatic nitrogens is 2. The van der Waals surface area contributed by atoms with E-state index in [9.17, 15) is 0 Å². The van der Waals surface area contributed by atoms with Crippen molar-refractivity contribution in [3.8, 4) is 56.0 Å². The van der Waals surface area contributed by atoms with Crippen LogP contribution >= 0.6 is 0 Å². The smallest absolute Gasteiger partial charge is 0.0893 e. The predicted molar refractivity (Wildman–Crippen MR) is 254 cm³/mol. The van der Waals surface area contributed by atoms with Crippen molar-refractivity contribution < 1.29 is 0 Å². The van der Waals surface area contributed by atoms with Gasteiger partial charge in [0.05, 0.1) is 17.1 Å². The molecule has 10 aromatic carbocycles. The highest BCUT2D eigenvalue weighted by Gasteiger charge is 2.21. The monoisotopic (exact) mass is 760 g/mol. The first-order valence-electron chi connectivity index (χ1n) is 20.6. The summed E-state index contributed by atoms with van der Waals surface area (Å²) < 4.78 is 0. The zero-order valence-corrected chi connectivity index (χ0v) is 32.7. The van der Waals surface area contributed by atoms with E-state index in [4.69, 9.17) is 4.98 Å². The molecule has 0 aliphatic rings. The maximum Gasteiger partial charge on any atom is 0.0893 e. The Kier molecular flexibility index (Phi) is 7.89. The number of fused-ring (bicyclic) bond motifs is 6. The molecule has 12 rings (SSSR count). The summed E-state index contributed by atoms with van der Waals surface area (Å²) >= 11 is 0. The standard InChI is InChI=1S/C58H36N2/c1-3-16-39-34-41(29-27-37(39)14-1)55-44-18-5-6-19-45(44)57(42-30-28-38-15-2-4-17-40(38)35-42)51-36-43(31-32-50(51)55)56-46-20-7-9-22-48(46)58(49-23-10-8-21-47(49)56)54-26-13-25-53(60-54)52-24-11-12-33-59-52/h1-36H. The van der Waals surface area contributed by atoms with Crippen molar-refractivity contribution in [1.82, 2.24) is 9.97 Å². The Morgan fingerprint density at radius 1 is 0.233 bits per heavy atom. The van der Waals surface area contributed by atoms with Crippen molar-refractivity contribution in [1.29, 1.82) is 0 Å². The van der Waals surface area contributed by atoms with Gasteiger partial charge in [-0.15, -0.1) is 0 Å². The summed E-state index contributed by atoms with van der Waals surface area (Å²) in [5.41, 5.74) is 11.1. The van der Waals surface area contributed by atoms with Gasteiger partial charge in [-0.2, -0.15) is 0 Å². The van der Waals surface area contributed by atoms with Crippen LogP contribution in [0.5, 0.6) is 0 Å². The fraction of sp³-hybridized carbons (Fsp3) is 0. The van der Waals surface area contributed by atoms with Crippen LogP contribution in [0.15, 0.2) is 219 Å². The second-order valence-corrected chi connectivity index (χ2v) is 15.6. The van der Waals surface area contributed by atoms with Gasteiger partial charge < -0.3 is 0 Å². The predicted octanol–water partition coefficient (Wildman–Crippen LogP) is 15.7. The minimum atomic E-state index is 0.857. The third-order valence-corrected chi connectivity index (χ3v) is 12.3. The van der Waals surface area contributed by atoms with Gasteiger partial charge in [0.2, 0.25) is 0 Å². The van der Waals surface area contributed by atoms with Gasteiger partial charge in [0.1, 0.15) is 0 Å². The highest BCUT2D eigenvalue weighted by molar-refractivity contribution is 6.25. The van der Waals surface area contributed by atoms with Crippen molar-refractivity contribution in [2.75, 3.05) is 0 Å². The Morgan fingerprint density at radius 3 is 1.17 bits per heavy atom. The van der Waals surface area contributed by atoms with Crippen LogP contribution in [0.3, 0.4) is 0 Å². The SMILES string of the molecule is c1ccc(-c2cccc(-c3c4ccccc4c(-c4ccc5c(-c6ccc7ccccc7c6)c6ccccc6c(-c6ccc7ccccc7c6)c5c4)c4ccccc34)n2)nc1. The molecular formula is C58H36N2. The van der Waals surface area contributed by atoms with Gasteiger partial charge >= 0.3 is 0 Å². The molecule has 0 N–H and O–H groups in total. The van der Waals surface area contributed by atoms with Crippen LogP contribution in [0.4, 0.5) is 0 Å². The molecule has 0 unspecified atom stereocenters. The maximum absolute atomic E-state index is 5.25. The normalized spacial score (nSPS) is 11.7. The van der Waals surface area contributed by atoms with Crippen molar-refractivity contribution >= 4 is 64.6 Å². The fourth-order valence-electron chi connectivity index (χ4n) is 9.59. The number of hydrogen-bond acceptors (Lipinski definition) is 2. The molecule has 0 aliphatic carbocycles. The highest BCUT2D eigenvalue weighted by Crippen LogP contribution is 2.48. The van der Waals surface area contributed by atoms with Crippen LogP contribution in [0.1, 0.15) is 0 Å². The number of nitrogens with zero attached hydrogens (tertiary/aromatic N) is 2. The molecule has 0 saturated heterocycles. The average molecular weight is 761 g/mol. The summed E-state index contributed by atoms with van der Waals surface area (Å²) in [6.07, 6.45) is 1.83. The van der Waals surface area contributed by atoms with E-state index in [1.807, 2.05) is 30.5 Å². The van der Waals surface area contributed by atoms with Gasteiger partial charge in [0, 0.05) is 11.8 Å². The largest absolute Gasteiger partial charge is 0.255 e. The Hall–Kier alpha value is -7.94. The minimum absolute atomic E-state index is 0.857. The molecule has 0 saturated carbocycles. The fourth-order valence-corrected chi connectivity index (χ4v) is 9.59. The quantitative estimate of drug-likeness (QED) is 0.163. The second-order valence-electron chi connectivity index (χ2n) is 15.6. The topological polar surface area (TPSA) is 25.8 Å². The summed E-state index contributed by atoms with van der Waals surface area (Å²) in [6.45, 7) is 0. The Bertz CT molecular complexity index is 3600. The lowest BCUT2D eigenvalue weighted by Crippen LogP contribution is -1.95. The van der Waals surface area contributed by atoms with Gasteiger partial charge in [-0.1, -0.05) is 170 Å². The van der Waals surface area contributed by atoms with Crippen molar-refractivity contribution in [3.63, 3.8) is 0 Å². The average Bonchev–Trinajstić information content (AvgIpc) is 3.32. The number of hydrogen-bond donors (Lipinski definition) is 0. The lowest BCUT2D eigenvalue weighted by atomic mass is 9.82. The molecule has 2 heteroatoms. The lowest BCUT2D eigenvalue weighted by Gasteiger charge is -2.21. The summed E-state index contributed by atoms with van der Waals surface area (Å²) in [5, 5.41) is 14.6. The van der Waals surface area contributed by atoms with Crippen LogP contribution in [0.25, 0.3) is 121 Å². The number of benzene rings is 10. The van der Waals surface area contributed by atoms with E-state index in [0.717, 1.165) is 22.6 Å². The van der Waals surface area contributed by atoms with Gasteiger partial charge in [-0.05, 0) is 140 Å². The molecule has 0 bridgehead atoms. The molecule has 60 heavy (non-hydrogen) atoms. The Labute approximate surface area is 347 Å². The van der Waals surface area contributed by atoms with Crippen molar-refractivity contribution in [3.05, 3.63) is 219 Å². The molecule has 0 radical (unpaired) electrons. The van der Waals surface area contributed by atoms with Gasteiger partial charge in [-0.25, -0.2) is 4.98 Å². The van der Waals surface area contributed by atoms with E-state index in [1.165, 1.54) is 98.0 Å². The molecule has 0 atom stereocenters. The molecular weight excluding hydrogens is 725 g/mol. The van der Waals surface area contributed by atoms with Crippen LogP contribution in [0.2, 0.25) is 0 Å². The molecule has 0 spiro atoms. The van der Waals surface area contributed by atoms with E-state index in [2.05, 4.69) is 193 Å². The van der Waals surface area contributed by atoms with Gasteiger partial charge in [-0.3, -0.25) is 4.98 Å². The zero-order chi connectivity index (χ0) is 39.6. The van der Waals surface area contributed by atoms with E-state index < -0.39 is 0 Å². The summed E-state index contributed by atoms with van der Waals surface area (Å²) in [7, 11) is 0. The van der Waals surface area contributed by atoms with Crippen LogP contribution in [0, 0.1) is 0 Å². The minimum Gasteiger partial charge on any atom is -0.255 e. The molecule has 278 valence electrons. The van der Waals surface area contributed by atoms with E-state index in [0.29, 0.717) is 0 Å².